The smallest absolute Gasteiger partial charge is 0.306 e. The number of thiazole rings is 1. The van der Waals surface area contributed by atoms with Crippen molar-refractivity contribution >= 4 is 30.9 Å². The van der Waals surface area contributed by atoms with Crippen LogP contribution in [0.2, 0.25) is 0 Å². The Morgan fingerprint density at radius 1 is 1.42 bits per heavy atom. The van der Waals surface area contributed by atoms with Gasteiger partial charge in [0, 0.05) is 30.0 Å². The van der Waals surface area contributed by atoms with Crippen LogP contribution >= 0.6 is 11.3 Å². The van der Waals surface area contributed by atoms with Crippen LogP contribution in [0.3, 0.4) is 0 Å². The molecule has 0 saturated carbocycles. The van der Waals surface area contributed by atoms with E-state index in [-0.39, 0.29) is 24.0 Å². The normalized spacial score (nSPS) is 14.0. The molecule has 24 heavy (non-hydrogen) atoms. The predicted octanol–water partition coefficient (Wildman–Crippen LogP) is 3.24. The van der Waals surface area contributed by atoms with Gasteiger partial charge in [0.1, 0.15) is 5.01 Å². The van der Waals surface area contributed by atoms with E-state index < -0.39 is 0 Å². The molecule has 0 N–H and O–H groups in total. The first-order valence-corrected chi connectivity index (χ1v) is 9.24. The van der Waals surface area contributed by atoms with Gasteiger partial charge in [-0.3, -0.25) is 4.79 Å². The SMILES string of the molecule is Cc1csc([C@H](C[C@H](C(C)C)N(C)[B]C=O)OC(=O)CC(C)C)n1. The summed E-state index contributed by atoms with van der Waals surface area (Å²) >= 11 is 1.51. The van der Waals surface area contributed by atoms with Gasteiger partial charge in [-0.1, -0.05) is 27.7 Å². The van der Waals surface area contributed by atoms with E-state index in [1.165, 1.54) is 18.8 Å². The summed E-state index contributed by atoms with van der Waals surface area (Å²) in [6.45, 7) is 10.1. The standard InChI is InChI=1S/C17H28BN2O3S/c1-11(2)7-16(22)23-15(17-19-13(5)9-24-17)8-14(12(3)4)20(6)18-10-21/h9-12,14-15H,7-8H2,1-6H3/t14-,15+/m1/s1. The maximum atomic E-state index is 12.2. The minimum atomic E-state index is -0.384. The van der Waals surface area contributed by atoms with E-state index in [0.29, 0.717) is 18.8 Å². The highest BCUT2D eigenvalue weighted by atomic mass is 32.1. The van der Waals surface area contributed by atoms with E-state index in [1.807, 2.05) is 38.0 Å². The number of nitrogens with zero attached hydrogens (tertiary/aromatic N) is 2. The number of hydrogen-bond acceptors (Lipinski definition) is 6. The van der Waals surface area contributed by atoms with Gasteiger partial charge in [0.25, 0.3) is 7.41 Å². The van der Waals surface area contributed by atoms with Crippen LogP contribution in [0.4, 0.5) is 0 Å². The fourth-order valence-electron chi connectivity index (χ4n) is 2.59. The van der Waals surface area contributed by atoms with Crippen molar-refractivity contribution in [3.63, 3.8) is 0 Å². The number of aromatic nitrogens is 1. The first kappa shape index (κ1) is 20.8. The highest BCUT2D eigenvalue weighted by Crippen LogP contribution is 2.30. The Hall–Kier alpha value is -1.21. The molecule has 1 radical (unpaired) electrons. The Bertz CT molecular complexity index is 534. The van der Waals surface area contributed by atoms with E-state index in [2.05, 4.69) is 18.8 Å². The summed E-state index contributed by atoms with van der Waals surface area (Å²) in [4.78, 5) is 29.4. The molecule has 0 amide bonds. The highest BCUT2D eigenvalue weighted by molar-refractivity contribution is 7.09. The molecule has 0 saturated heterocycles. The molecule has 133 valence electrons. The Balaban J connectivity index is 2.94. The lowest BCUT2D eigenvalue weighted by Gasteiger charge is -2.32. The molecule has 2 atom stereocenters. The molecule has 0 aliphatic carbocycles. The van der Waals surface area contributed by atoms with Crippen LogP contribution in [0.5, 0.6) is 0 Å². The number of carbonyl (C=O) groups excluding carboxylic acids is 2. The number of esters is 1. The fourth-order valence-corrected chi connectivity index (χ4v) is 3.43. The minimum Gasteiger partial charge on any atom is -0.455 e. The first-order valence-electron chi connectivity index (χ1n) is 8.36. The molecule has 1 heterocycles. The number of carbonyl (C=O) groups is 2. The second kappa shape index (κ2) is 9.94. The lowest BCUT2D eigenvalue weighted by Crippen LogP contribution is -2.40. The zero-order chi connectivity index (χ0) is 18.3. The number of aryl methyl sites for hydroxylation is 1. The predicted molar refractivity (Wildman–Crippen MR) is 98.6 cm³/mol. The third-order valence-electron chi connectivity index (χ3n) is 3.81. The van der Waals surface area contributed by atoms with Crippen molar-refractivity contribution in [3.8, 4) is 0 Å². The molecule has 1 aromatic rings. The van der Waals surface area contributed by atoms with Crippen LogP contribution in [0.1, 0.15) is 57.3 Å². The lowest BCUT2D eigenvalue weighted by molar-refractivity contribution is -0.151. The molecule has 5 nitrogen and oxygen atoms in total. The average Bonchev–Trinajstić information content (AvgIpc) is 2.88. The zero-order valence-corrected chi connectivity index (χ0v) is 16.3. The average molecular weight is 351 g/mol. The van der Waals surface area contributed by atoms with Gasteiger partial charge in [-0.2, -0.15) is 0 Å². The molecule has 0 spiro atoms. The number of ether oxygens (including phenoxy) is 1. The van der Waals surface area contributed by atoms with E-state index in [1.54, 1.807) is 0 Å². The van der Waals surface area contributed by atoms with Crippen molar-refractivity contribution in [2.45, 2.75) is 59.6 Å². The van der Waals surface area contributed by atoms with Crippen molar-refractivity contribution in [2.75, 3.05) is 7.05 Å². The van der Waals surface area contributed by atoms with Crippen LogP contribution in [0.15, 0.2) is 5.38 Å². The van der Waals surface area contributed by atoms with Crippen molar-refractivity contribution in [1.82, 2.24) is 9.79 Å². The van der Waals surface area contributed by atoms with E-state index >= 15 is 0 Å². The Labute approximate surface area is 150 Å². The summed E-state index contributed by atoms with van der Waals surface area (Å²) in [5, 5.41) is 2.78. The summed E-state index contributed by atoms with van der Waals surface area (Å²) in [6.07, 6.45) is 1.39. The van der Waals surface area contributed by atoms with Gasteiger partial charge in [0.05, 0.1) is 6.19 Å². The highest BCUT2D eigenvalue weighted by Gasteiger charge is 2.28. The van der Waals surface area contributed by atoms with E-state index in [0.717, 1.165) is 16.9 Å². The van der Waals surface area contributed by atoms with Crippen LogP contribution in [0, 0.1) is 18.8 Å². The Morgan fingerprint density at radius 3 is 2.54 bits per heavy atom. The second-order valence-corrected chi connectivity index (χ2v) is 7.79. The second-order valence-electron chi connectivity index (χ2n) is 6.90. The summed E-state index contributed by atoms with van der Waals surface area (Å²) in [5.74, 6) is 0.356. The third-order valence-corrected chi connectivity index (χ3v) is 4.86. The van der Waals surface area contributed by atoms with Crippen molar-refractivity contribution in [1.29, 1.82) is 0 Å². The van der Waals surface area contributed by atoms with Gasteiger partial charge in [0.15, 0.2) is 6.10 Å². The summed E-state index contributed by atoms with van der Waals surface area (Å²) in [7, 11) is 3.39. The number of hydrogen-bond donors (Lipinski definition) is 0. The van der Waals surface area contributed by atoms with Crippen LogP contribution in [-0.2, 0) is 14.3 Å². The largest absolute Gasteiger partial charge is 0.455 e. The van der Waals surface area contributed by atoms with Gasteiger partial charge < -0.3 is 14.3 Å². The molecule has 0 aromatic carbocycles. The molecule has 0 fully saturated rings. The molecular weight excluding hydrogens is 323 g/mol. The minimum absolute atomic E-state index is 0.0799. The quantitative estimate of drug-likeness (QED) is 0.368. The summed E-state index contributed by atoms with van der Waals surface area (Å²) < 4.78 is 5.75. The van der Waals surface area contributed by atoms with Crippen molar-refractivity contribution < 1.29 is 14.3 Å². The molecule has 0 aliphatic heterocycles. The summed E-state index contributed by atoms with van der Waals surface area (Å²) in [6, 6.07) is 0.0799. The van der Waals surface area contributed by atoms with E-state index in [4.69, 9.17) is 4.74 Å². The lowest BCUT2D eigenvalue weighted by atomic mass is 9.86. The molecule has 1 aromatic heterocycles. The van der Waals surface area contributed by atoms with Gasteiger partial charge in [-0.15, -0.1) is 11.3 Å². The topological polar surface area (TPSA) is 59.5 Å². The van der Waals surface area contributed by atoms with Gasteiger partial charge in [-0.05, 0) is 25.8 Å². The first-order chi connectivity index (χ1) is 11.2. The van der Waals surface area contributed by atoms with Crippen LogP contribution in [0.25, 0.3) is 0 Å². The zero-order valence-electron chi connectivity index (χ0n) is 15.5. The van der Waals surface area contributed by atoms with Gasteiger partial charge in [0.2, 0.25) is 0 Å². The Kier molecular flexibility index (Phi) is 8.63. The molecule has 1 rings (SSSR count). The third kappa shape index (κ3) is 6.73. The maximum Gasteiger partial charge on any atom is 0.306 e. The fraction of sp³-hybridized carbons (Fsp3) is 0.706. The van der Waals surface area contributed by atoms with Gasteiger partial charge in [-0.25, -0.2) is 4.98 Å². The molecule has 0 bridgehead atoms. The molecular formula is C17H28BN2O3S. The maximum absolute atomic E-state index is 12.2. The molecule has 0 unspecified atom stereocenters. The number of rotatable bonds is 10. The van der Waals surface area contributed by atoms with Crippen molar-refractivity contribution in [3.05, 3.63) is 16.1 Å². The Morgan fingerprint density at radius 2 is 2.08 bits per heavy atom. The van der Waals surface area contributed by atoms with Crippen molar-refractivity contribution in [2.24, 2.45) is 11.8 Å². The van der Waals surface area contributed by atoms with Crippen LogP contribution in [-0.4, -0.2) is 42.5 Å². The molecule has 7 heteroatoms. The van der Waals surface area contributed by atoms with Crippen LogP contribution < -0.4 is 0 Å². The summed E-state index contributed by atoms with van der Waals surface area (Å²) in [5.41, 5.74) is 0.925. The molecule has 0 aliphatic rings. The van der Waals surface area contributed by atoms with Gasteiger partial charge >= 0.3 is 5.97 Å². The van der Waals surface area contributed by atoms with E-state index in [9.17, 15) is 9.59 Å². The monoisotopic (exact) mass is 351 g/mol.